The lowest BCUT2D eigenvalue weighted by Crippen LogP contribution is -2.45. The van der Waals surface area contributed by atoms with E-state index in [9.17, 15) is 22.8 Å². The van der Waals surface area contributed by atoms with Gasteiger partial charge in [0.25, 0.3) is 5.91 Å². The van der Waals surface area contributed by atoms with Crippen molar-refractivity contribution >= 4 is 11.9 Å². The van der Waals surface area contributed by atoms with Gasteiger partial charge in [-0.2, -0.15) is 0 Å². The Bertz CT molecular complexity index is 630. The Morgan fingerprint density at radius 2 is 1.81 bits per heavy atom. The average molecular weight is 373 g/mol. The molecule has 0 radical (unpaired) electrons. The first-order valence-electron chi connectivity index (χ1n) is 8.48. The summed E-state index contributed by atoms with van der Waals surface area (Å²) in [5.74, 6) is -0.740. The zero-order valence-corrected chi connectivity index (χ0v) is 14.6. The fourth-order valence-electron chi connectivity index (χ4n) is 3.04. The maximum atomic E-state index is 12.1. The second kappa shape index (κ2) is 8.42. The third kappa shape index (κ3) is 5.93. The van der Waals surface area contributed by atoms with Crippen LogP contribution >= 0.6 is 0 Å². The summed E-state index contributed by atoms with van der Waals surface area (Å²) in [6.07, 6.45) is -1.72. The van der Waals surface area contributed by atoms with Crippen LogP contribution in [0.3, 0.4) is 0 Å². The number of hydrogen-bond donors (Lipinski definition) is 1. The summed E-state index contributed by atoms with van der Waals surface area (Å²) in [6, 6.07) is 4.37. The average Bonchev–Trinajstić information content (AvgIpc) is 2.56. The van der Waals surface area contributed by atoms with Crippen molar-refractivity contribution in [3.05, 3.63) is 29.8 Å². The number of ether oxygens (including phenoxy) is 2. The Balaban J connectivity index is 1.81. The third-order valence-corrected chi connectivity index (χ3v) is 4.71. The monoisotopic (exact) mass is 373 g/mol. The summed E-state index contributed by atoms with van der Waals surface area (Å²) in [5, 5.41) is 2.88. The molecule has 0 spiro atoms. The van der Waals surface area contributed by atoms with Gasteiger partial charge in [0.15, 0.2) is 6.61 Å². The number of nitrogens with one attached hydrogen (secondary N) is 1. The minimum absolute atomic E-state index is 0.0342. The van der Waals surface area contributed by atoms with Gasteiger partial charge in [0, 0.05) is 6.04 Å². The van der Waals surface area contributed by atoms with E-state index in [1.165, 1.54) is 0 Å². The maximum Gasteiger partial charge on any atom is 0.573 e. The van der Waals surface area contributed by atoms with Crippen molar-refractivity contribution in [2.45, 2.75) is 45.5 Å². The van der Waals surface area contributed by atoms with Crippen molar-refractivity contribution in [3.63, 3.8) is 0 Å². The van der Waals surface area contributed by atoms with Crippen LogP contribution in [0.1, 0.15) is 43.5 Å². The summed E-state index contributed by atoms with van der Waals surface area (Å²) in [6.45, 7) is 3.80. The van der Waals surface area contributed by atoms with Gasteiger partial charge < -0.3 is 14.8 Å². The molecule has 8 heteroatoms. The minimum Gasteiger partial charge on any atom is -0.452 e. The SMILES string of the molecule is C[C@H]1[C@@H](NC(=O)COC(=O)c2ccc(OC(F)(F)F)cc2)CCC[C@@H]1C. The van der Waals surface area contributed by atoms with E-state index >= 15 is 0 Å². The number of hydrogen-bond acceptors (Lipinski definition) is 4. The molecule has 0 saturated heterocycles. The number of benzene rings is 1. The van der Waals surface area contributed by atoms with E-state index in [2.05, 4.69) is 23.9 Å². The summed E-state index contributed by atoms with van der Waals surface area (Å²) in [5.41, 5.74) is 0.0342. The second-order valence-corrected chi connectivity index (χ2v) is 6.59. The third-order valence-electron chi connectivity index (χ3n) is 4.71. The first-order chi connectivity index (χ1) is 12.2. The highest BCUT2D eigenvalue weighted by molar-refractivity contribution is 5.91. The van der Waals surface area contributed by atoms with Crippen molar-refractivity contribution < 1.29 is 32.2 Å². The quantitative estimate of drug-likeness (QED) is 0.800. The van der Waals surface area contributed by atoms with Crippen LogP contribution in [0, 0.1) is 11.8 Å². The van der Waals surface area contributed by atoms with Crippen LogP contribution in [0.25, 0.3) is 0 Å². The van der Waals surface area contributed by atoms with Gasteiger partial charge in [0.05, 0.1) is 5.56 Å². The number of alkyl halides is 3. The zero-order valence-electron chi connectivity index (χ0n) is 14.6. The van der Waals surface area contributed by atoms with E-state index in [4.69, 9.17) is 4.74 Å². The molecule has 1 aromatic carbocycles. The summed E-state index contributed by atoms with van der Waals surface area (Å²) in [4.78, 5) is 23.9. The van der Waals surface area contributed by atoms with Gasteiger partial charge in [0.2, 0.25) is 0 Å². The Morgan fingerprint density at radius 3 is 2.42 bits per heavy atom. The molecule has 2 rings (SSSR count). The predicted molar refractivity (Wildman–Crippen MR) is 87.5 cm³/mol. The molecule has 1 aliphatic carbocycles. The van der Waals surface area contributed by atoms with E-state index in [0.717, 1.165) is 43.5 Å². The number of carbonyl (C=O) groups is 2. The van der Waals surface area contributed by atoms with Crippen molar-refractivity contribution in [1.29, 1.82) is 0 Å². The van der Waals surface area contributed by atoms with Gasteiger partial charge in [0.1, 0.15) is 5.75 Å². The van der Waals surface area contributed by atoms with Crippen molar-refractivity contribution in [2.24, 2.45) is 11.8 Å². The first kappa shape index (κ1) is 20.1. The number of amides is 1. The topological polar surface area (TPSA) is 64.6 Å². The number of esters is 1. The van der Waals surface area contributed by atoms with E-state index in [0.29, 0.717) is 11.8 Å². The fourth-order valence-corrected chi connectivity index (χ4v) is 3.04. The van der Waals surface area contributed by atoms with E-state index in [-0.39, 0.29) is 17.5 Å². The maximum absolute atomic E-state index is 12.1. The predicted octanol–water partition coefficient (Wildman–Crippen LogP) is 3.68. The Hall–Kier alpha value is -2.25. The molecule has 144 valence electrons. The van der Waals surface area contributed by atoms with E-state index < -0.39 is 24.7 Å². The number of rotatable bonds is 5. The second-order valence-electron chi connectivity index (χ2n) is 6.59. The highest BCUT2D eigenvalue weighted by Crippen LogP contribution is 2.29. The molecule has 1 fully saturated rings. The minimum atomic E-state index is -4.80. The molecule has 0 aliphatic heterocycles. The standard InChI is InChI=1S/C18H22F3NO4/c1-11-4-3-5-15(12(11)2)22-16(23)10-25-17(24)13-6-8-14(9-7-13)26-18(19,20)21/h6-9,11-12,15H,3-5,10H2,1-2H3,(H,22,23)/t11-,12+,15-/m0/s1. The lowest BCUT2D eigenvalue weighted by atomic mass is 9.78. The van der Waals surface area contributed by atoms with Crippen molar-refractivity contribution in [1.82, 2.24) is 5.32 Å². The molecule has 0 bridgehead atoms. The van der Waals surface area contributed by atoms with Crippen molar-refractivity contribution in [2.75, 3.05) is 6.61 Å². The first-order valence-corrected chi connectivity index (χ1v) is 8.48. The van der Waals surface area contributed by atoms with Gasteiger partial charge in [-0.3, -0.25) is 4.79 Å². The molecule has 3 atom stereocenters. The van der Waals surface area contributed by atoms with Gasteiger partial charge in [-0.1, -0.05) is 26.7 Å². The normalized spacial score (nSPS) is 23.2. The van der Waals surface area contributed by atoms with Crippen LogP contribution in [0.2, 0.25) is 0 Å². The summed E-state index contributed by atoms with van der Waals surface area (Å²) < 4.78 is 44.9. The molecule has 1 aromatic rings. The van der Waals surface area contributed by atoms with Crippen LogP contribution in [0.5, 0.6) is 5.75 Å². The van der Waals surface area contributed by atoms with Crippen LogP contribution in [0.15, 0.2) is 24.3 Å². The van der Waals surface area contributed by atoms with Crippen LogP contribution < -0.4 is 10.1 Å². The molecule has 1 N–H and O–H groups in total. The molecular formula is C18H22F3NO4. The molecule has 26 heavy (non-hydrogen) atoms. The molecular weight excluding hydrogens is 351 g/mol. The van der Waals surface area contributed by atoms with Crippen molar-refractivity contribution in [3.8, 4) is 5.75 Å². The van der Waals surface area contributed by atoms with Crippen LogP contribution in [-0.4, -0.2) is 30.9 Å². The highest BCUT2D eigenvalue weighted by atomic mass is 19.4. The lowest BCUT2D eigenvalue weighted by Gasteiger charge is -2.34. The summed E-state index contributed by atoms with van der Waals surface area (Å²) in [7, 11) is 0. The molecule has 0 unspecified atom stereocenters. The van der Waals surface area contributed by atoms with Crippen LogP contribution in [0.4, 0.5) is 13.2 Å². The molecule has 0 aromatic heterocycles. The van der Waals surface area contributed by atoms with Gasteiger partial charge in [-0.05, 0) is 42.5 Å². The smallest absolute Gasteiger partial charge is 0.452 e. The Labute approximate surface area is 149 Å². The molecule has 1 saturated carbocycles. The number of halogens is 3. The van der Waals surface area contributed by atoms with E-state index in [1.54, 1.807) is 0 Å². The van der Waals surface area contributed by atoms with Gasteiger partial charge >= 0.3 is 12.3 Å². The Kier molecular flexibility index (Phi) is 6.50. The largest absolute Gasteiger partial charge is 0.573 e. The van der Waals surface area contributed by atoms with Gasteiger partial charge in [-0.15, -0.1) is 13.2 Å². The molecule has 0 heterocycles. The highest BCUT2D eigenvalue weighted by Gasteiger charge is 2.31. The van der Waals surface area contributed by atoms with Crippen LogP contribution in [-0.2, 0) is 9.53 Å². The Morgan fingerprint density at radius 1 is 1.15 bits per heavy atom. The summed E-state index contributed by atoms with van der Waals surface area (Å²) >= 11 is 0. The zero-order chi connectivity index (χ0) is 19.3. The van der Waals surface area contributed by atoms with Gasteiger partial charge in [-0.25, -0.2) is 4.79 Å². The molecule has 1 aliphatic rings. The lowest BCUT2D eigenvalue weighted by molar-refractivity contribution is -0.274. The molecule has 1 amide bonds. The number of carbonyl (C=O) groups excluding carboxylic acids is 2. The van der Waals surface area contributed by atoms with E-state index in [1.807, 2.05) is 0 Å². The molecule has 5 nitrogen and oxygen atoms in total. The fraction of sp³-hybridized carbons (Fsp3) is 0.556.